The lowest BCUT2D eigenvalue weighted by atomic mass is 10.1. The first kappa shape index (κ1) is 10.4. The first-order chi connectivity index (χ1) is 5.88. The number of hydrogen-bond donors (Lipinski definition) is 1. The number of nitrogens with one attached hydrogen (secondary N) is 1. The Bertz CT molecular complexity index is 200. The number of ether oxygens (including phenoxy) is 1. The Balaban J connectivity index is 2.47. The number of rotatable bonds is 1. The molecular weight excluding hydrogens is 173 g/mol. The minimum Gasteiger partial charge on any atom is -0.368 e. The Kier molecular flexibility index (Phi) is 2.91. The van der Waals surface area contributed by atoms with Crippen molar-refractivity contribution >= 4 is 5.91 Å². The minimum atomic E-state index is -1.17. The summed E-state index contributed by atoms with van der Waals surface area (Å²) in [6, 6.07) is 0. The van der Waals surface area contributed by atoms with E-state index in [9.17, 15) is 9.18 Å². The zero-order chi connectivity index (χ0) is 10.1. The summed E-state index contributed by atoms with van der Waals surface area (Å²) in [6.07, 6.45) is -1.76. The molecule has 0 aromatic carbocycles. The highest BCUT2D eigenvalue weighted by Gasteiger charge is 2.32. The molecule has 0 bridgehead atoms. The Morgan fingerprint density at radius 2 is 2.15 bits per heavy atom. The largest absolute Gasteiger partial charge is 0.368 e. The van der Waals surface area contributed by atoms with Crippen LogP contribution in [0.3, 0.4) is 0 Å². The molecule has 13 heavy (non-hydrogen) atoms. The van der Waals surface area contributed by atoms with E-state index >= 15 is 0 Å². The van der Waals surface area contributed by atoms with Gasteiger partial charge < -0.3 is 10.1 Å². The monoisotopic (exact) mass is 189 g/mol. The molecule has 1 aliphatic heterocycles. The third kappa shape index (κ3) is 3.30. The number of halogens is 1. The van der Waals surface area contributed by atoms with Crippen LogP contribution in [-0.2, 0) is 9.53 Å². The third-order valence-electron chi connectivity index (χ3n) is 1.79. The maximum atomic E-state index is 13.2. The van der Waals surface area contributed by atoms with Crippen molar-refractivity contribution in [3.8, 4) is 0 Å². The molecule has 3 nitrogen and oxygen atoms in total. The Morgan fingerprint density at radius 1 is 1.54 bits per heavy atom. The summed E-state index contributed by atoms with van der Waals surface area (Å²) in [5, 5.41) is 2.58. The van der Waals surface area contributed by atoms with Crippen LogP contribution in [0.15, 0.2) is 0 Å². The fourth-order valence-electron chi connectivity index (χ4n) is 1.29. The number of hydrogen-bond acceptors (Lipinski definition) is 2. The molecule has 2 atom stereocenters. The summed E-state index contributed by atoms with van der Waals surface area (Å²) in [6.45, 7) is 5.89. The fraction of sp³-hybridized carbons (Fsp3) is 0.889. The molecule has 1 heterocycles. The van der Waals surface area contributed by atoms with Crippen LogP contribution in [0, 0.1) is 0 Å². The summed E-state index contributed by atoms with van der Waals surface area (Å²) in [7, 11) is 0. The predicted octanol–water partition coefficient (Wildman–Crippen LogP) is 1.03. The maximum Gasteiger partial charge on any atom is 0.223 e. The van der Waals surface area contributed by atoms with Crippen LogP contribution >= 0.6 is 0 Å². The van der Waals surface area contributed by atoms with Gasteiger partial charge >= 0.3 is 0 Å². The summed E-state index contributed by atoms with van der Waals surface area (Å²) in [5.41, 5.74) is -0.364. The summed E-state index contributed by atoms with van der Waals surface area (Å²) in [4.78, 5) is 10.8. The zero-order valence-electron chi connectivity index (χ0n) is 8.26. The number of alkyl halides is 1. The van der Waals surface area contributed by atoms with E-state index in [0.717, 1.165) is 0 Å². The highest BCUT2D eigenvalue weighted by molar-refractivity contribution is 5.77. The molecule has 0 aliphatic carbocycles. The van der Waals surface area contributed by atoms with E-state index in [4.69, 9.17) is 4.74 Å². The lowest BCUT2D eigenvalue weighted by molar-refractivity contribution is -0.136. The number of amides is 1. The Hall–Kier alpha value is -0.640. The van der Waals surface area contributed by atoms with E-state index in [0.29, 0.717) is 0 Å². The molecule has 1 aliphatic rings. The molecule has 1 saturated heterocycles. The van der Waals surface area contributed by atoms with Crippen molar-refractivity contribution in [2.45, 2.75) is 45.1 Å². The number of carbonyl (C=O) groups excluding carboxylic acids is 1. The van der Waals surface area contributed by atoms with Crippen LogP contribution in [0.5, 0.6) is 0 Å². The molecule has 76 valence electrons. The van der Waals surface area contributed by atoms with Gasteiger partial charge in [-0.1, -0.05) is 0 Å². The van der Waals surface area contributed by atoms with E-state index in [-0.39, 0.29) is 24.5 Å². The van der Waals surface area contributed by atoms with Gasteiger partial charge in [-0.05, 0) is 20.8 Å². The molecule has 1 rings (SSSR count). The van der Waals surface area contributed by atoms with E-state index in [2.05, 4.69) is 5.32 Å². The van der Waals surface area contributed by atoms with Crippen LogP contribution in [0.2, 0.25) is 0 Å². The molecule has 0 aromatic rings. The first-order valence-corrected chi connectivity index (χ1v) is 4.47. The van der Waals surface area contributed by atoms with E-state index in [1.807, 2.05) is 20.8 Å². The van der Waals surface area contributed by atoms with Gasteiger partial charge in [0.05, 0.1) is 12.0 Å². The molecule has 0 radical (unpaired) electrons. The van der Waals surface area contributed by atoms with Gasteiger partial charge in [0, 0.05) is 6.54 Å². The average Bonchev–Trinajstić information content (AvgIpc) is 1.93. The van der Waals surface area contributed by atoms with Crippen molar-refractivity contribution in [3.05, 3.63) is 0 Å². The van der Waals surface area contributed by atoms with Gasteiger partial charge in [-0.3, -0.25) is 4.79 Å². The van der Waals surface area contributed by atoms with Gasteiger partial charge in [-0.15, -0.1) is 0 Å². The molecule has 2 unspecified atom stereocenters. The van der Waals surface area contributed by atoms with Gasteiger partial charge in [0.2, 0.25) is 5.91 Å². The van der Waals surface area contributed by atoms with Crippen LogP contribution in [0.4, 0.5) is 4.39 Å². The molecule has 4 heteroatoms. The molecule has 1 N–H and O–H groups in total. The maximum absolute atomic E-state index is 13.2. The van der Waals surface area contributed by atoms with E-state index in [1.54, 1.807) is 0 Å². The van der Waals surface area contributed by atoms with E-state index < -0.39 is 12.3 Å². The summed E-state index contributed by atoms with van der Waals surface area (Å²) < 4.78 is 18.7. The number of carbonyl (C=O) groups is 1. The Morgan fingerprint density at radius 3 is 2.62 bits per heavy atom. The molecular formula is C9H16FNO2. The zero-order valence-corrected chi connectivity index (χ0v) is 8.26. The van der Waals surface area contributed by atoms with Crippen LogP contribution in [0.1, 0.15) is 27.2 Å². The molecule has 0 saturated carbocycles. The second-order valence-electron chi connectivity index (χ2n) is 4.29. The van der Waals surface area contributed by atoms with Gasteiger partial charge in [0.25, 0.3) is 0 Å². The van der Waals surface area contributed by atoms with Gasteiger partial charge in [-0.25, -0.2) is 4.39 Å². The molecule has 1 fully saturated rings. The minimum absolute atomic E-state index is 0.0826. The third-order valence-corrected chi connectivity index (χ3v) is 1.79. The van der Waals surface area contributed by atoms with Crippen LogP contribution in [0.25, 0.3) is 0 Å². The smallest absolute Gasteiger partial charge is 0.223 e. The molecule has 0 aromatic heterocycles. The van der Waals surface area contributed by atoms with E-state index in [1.165, 1.54) is 0 Å². The highest BCUT2D eigenvalue weighted by atomic mass is 19.1. The normalized spacial score (nSPS) is 30.0. The van der Waals surface area contributed by atoms with Gasteiger partial charge in [-0.2, -0.15) is 0 Å². The lowest BCUT2D eigenvalue weighted by Crippen LogP contribution is -2.49. The van der Waals surface area contributed by atoms with Crippen molar-refractivity contribution in [1.82, 2.24) is 5.32 Å². The van der Waals surface area contributed by atoms with Crippen LogP contribution in [-0.4, -0.2) is 30.3 Å². The molecule has 0 spiro atoms. The van der Waals surface area contributed by atoms with Crippen molar-refractivity contribution in [3.63, 3.8) is 0 Å². The standard InChI is InChI=1S/C9H16FNO2/c1-9(2,3)13-7-5-11-8(12)4-6(7)10/h6-7H,4-5H2,1-3H3,(H,11,12). The van der Waals surface area contributed by atoms with Gasteiger partial charge in [0.1, 0.15) is 12.3 Å². The van der Waals surface area contributed by atoms with Gasteiger partial charge in [0.15, 0.2) is 0 Å². The van der Waals surface area contributed by atoms with Crippen molar-refractivity contribution in [2.75, 3.05) is 6.54 Å². The molecule has 1 amide bonds. The van der Waals surface area contributed by atoms with Crippen molar-refractivity contribution in [1.29, 1.82) is 0 Å². The number of piperidine rings is 1. The SMILES string of the molecule is CC(C)(C)OC1CNC(=O)CC1F. The second kappa shape index (κ2) is 3.62. The Labute approximate surface area is 77.6 Å². The lowest BCUT2D eigenvalue weighted by Gasteiger charge is -2.32. The summed E-state index contributed by atoms with van der Waals surface area (Å²) >= 11 is 0. The van der Waals surface area contributed by atoms with Crippen molar-refractivity contribution < 1.29 is 13.9 Å². The van der Waals surface area contributed by atoms with Crippen LogP contribution < -0.4 is 5.32 Å². The highest BCUT2D eigenvalue weighted by Crippen LogP contribution is 2.18. The predicted molar refractivity (Wildman–Crippen MR) is 47.1 cm³/mol. The fourth-order valence-corrected chi connectivity index (χ4v) is 1.29. The first-order valence-electron chi connectivity index (χ1n) is 4.47. The van der Waals surface area contributed by atoms with Crippen molar-refractivity contribution in [2.24, 2.45) is 0 Å². The quantitative estimate of drug-likeness (QED) is 0.669. The second-order valence-corrected chi connectivity index (χ2v) is 4.29. The summed E-state index contributed by atoms with van der Waals surface area (Å²) in [5.74, 6) is -0.235. The topological polar surface area (TPSA) is 38.3 Å². The average molecular weight is 189 g/mol.